The van der Waals surface area contributed by atoms with E-state index in [4.69, 9.17) is 0 Å². The molecule has 0 bridgehead atoms. The molecule has 0 saturated heterocycles. The van der Waals surface area contributed by atoms with Crippen LogP contribution in [0, 0.1) is 0 Å². The summed E-state index contributed by atoms with van der Waals surface area (Å²) in [4.78, 5) is 13.9. The van der Waals surface area contributed by atoms with Gasteiger partial charge in [-0.25, -0.2) is 0 Å². The number of nitrogens with one attached hydrogen (secondary N) is 1. The van der Waals surface area contributed by atoms with E-state index in [9.17, 15) is 9.90 Å². The maximum Gasteiger partial charge on any atom is 0.228 e. The summed E-state index contributed by atoms with van der Waals surface area (Å²) < 4.78 is 0. The van der Waals surface area contributed by atoms with Crippen molar-refractivity contribution in [3.8, 4) is 5.75 Å². The van der Waals surface area contributed by atoms with Gasteiger partial charge in [0.05, 0.1) is 0 Å². The van der Waals surface area contributed by atoms with Crippen LogP contribution in [0.3, 0.4) is 0 Å². The first-order chi connectivity index (χ1) is 8.58. The number of benzene rings is 1. The van der Waals surface area contributed by atoms with Gasteiger partial charge in [-0.3, -0.25) is 4.79 Å². The van der Waals surface area contributed by atoms with Crippen LogP contribution < -0.4 is 10.2 Å². The summed E-state index contributed by atoms with van der Waals surface area (Å²) in [7, 11) is 0. The smallest absolute Gasteiger partial charge is 0.228 e. The van der Waals surface area contributed by atoms with Crippen LogP contribution >= 0.6 is 0 Å². The molecular weight excluding hydrogens is 228 g/mol. The van der Waals surface area contributed by atoms with Gasteiger partial charge in [0.25, 0.3) is 0 Å². The van der Waals surface area contributed by atoms with Crippen LogP contribution in [0.5, 0.6) is 5.75 Å². The number of phenols is 1. The van der Waals surface area contributed by atoms with Crippen LogP contribution in [0.25, 0.3) is 0 Å². The highest BCUT2D eigenvalue weighted by Gasteiger charge is 2.16. The zero-order chi connectivity index (χ0) is 13.5. The lowest BCUT2D eigenvalue weighted by atomic mass is 10.2. The van der Waals surface area contributed by atoms with Gasteiger partial charge in [0.2, 0.25) is 5.91 Å². The normalized spacial score (nSPS) is 12.2. The SMILES string of the molecule is CCNC(C)CC(=O)N(CC)c1cccc(O)c1. The van der Waals surface area contributed by atoms with Crippen molar-refractivity contribution in [1.29, 1.82) is 0 Å². The minimum Gasteiger partial charge on any atom is -0.508 e. The summed E-state index contributed by atoms with van der Waals surface area (Å²) in [6, 6.07) is 6.95. The van der Waals surface area contributed by atoms with Crippen molar-refractivity contribution in [3.05, 3.63) is 24.3 Å². The first kappa shape index (κ1) is 14.5. The van der Waals surface area contributed by atoms with E-state index in [1.165, 1.54) is 0 Å². The number of amides is 1. The molecule has 0 spiro atoms. The van der Waals surface area contributed by atoms with Gasteiger partial charge in [-0.1, -0.05) is 13.0 Å². The second-order valence-electron chi connectivity index (χ2n) is 4.32. The van der Waals surface area contributed by atoms with Crippen molar-refractivity contribution in [2.45, 2.75) is 33.2 Å². The molecule has 4 heteroatoms. The molecule has 1 aromatic carbocycles. The molecule has 4 nitrogen and oxygen atoms in total. The van der Waals surface area contributed by atoms with Crippen molar-refractivity contribution in [3.63, 3.8) is 0 Å². The van der Waals surface area contributed by atoms with E-state index in [0.717, 1.165) is 12.2 Å². The van der Waals surface area contributed by atoms with E-state index in [-0.39, 0.29) is 17.7 Å². The molecule has 0 aliphatic carbocycles. The average Bonchev–Trinajstić information content (AvgIpc) is 2.30. The Morgan fingerprint density at radius 1 is 1.44 bits per heavy atom. The number of aromatic hydroxyl groups is 1. The summed E-state index contributed by atoms with van der Waals surface area (Å²) in [5.41, 5.74) is 0.742. The van der Waals surface area contributed by atoms with Gasteiger partial charge < -0.3 is 15.3 Å². The highest BCUT2D eigenvalue weighted by Crippen LogP contribution is 2.20. The molecule has 18 heavy (non-hydrogen) atoms. The van der Waals surface area contributed by atoms with Crippen LogP contribution in [0.1, 0.15) is 27.2 Å². The second kappa shape index (κ2) is 7.01. The number of hydrogen-bond donors (Lipinski definition) is 2. The van der Waals surface area contributed by atoms with Gasteiger partial charge in [-0.2, -0.15) is 0 Å². The number of carbonyl (C=O) groups excluding carboxylic acids is 1. The van der Waals surface area contributed by atoms with Gasteiger partial charge in [-0.15, -0.1) is 0 Å². The third kappa shape index (κ3) is 4.04. The Balaban J connectivity index is 2.74. The topological polar surface area (TPSA) is 52.6 Å². The zero-order valence-corrected chi connectivity index (χ0v) is 11.3. The van der Waals surface area contributed by atoms with Crippen molar-refractivity contribution in [2.24, 2.45) is 0 Å². The standard InChI is InChI=1S/C14H22N2O2/c1-4-15-11(3)9-14(18)16(5-2)12-7-6-8-13(17)10-12/h6-8,10-11,15,17H,4-5,9H2,1-3H3. The van der Waals surface area contributed by atoms with Gasteiger partial charge in [0, 0.05) is 30.8 Å². The predicted octanol–water partition coefficient (Wildman–Crippen LogP) is 2.13. The molecule has 0 heterocycles. The lowest BCUT2D eigenvalue weighted by Crippen LogP contribution is -2.36. The maximum atomic E-state index is 12.2. The van der Waals surface area contributed by atoms with E-state index in [1.807, 2.05) is 26.8 Å². The van der Waals surface area contributed by atoms with E-state index in [2.05, 4.69) is 5.32 Å². The first-order valence-corrected chi connectivity index (χ1v) is 6.41. The van der Waals surface area contributed by atoms with Crippen molar-refractivity contribution >= 4 is 11.6 Å². The molecule has 0 aromatic heterocycles. The Morgan fingerprint density at radius 2 is 2.17 bits per heavy atom. The molecule has 100 valence electrons. The molecule has 0 saturated carbocycles. The highest BCUT2D eigenvalue weighted by molar-refractivity contribution is 5.93. The minimum absolute atomic E-state index is 0.0663. The fraction of sp³-hybridized carbons (Fsp3) is 0.500. The van der Waals surface area contributed by atoms with Gasteiger partial charge in [0.1, 0.15) is 5.75 Å². The molecule has 0 radical (unpaired) electrons. The van der Waals surface area contributed by atoms with Crippen LogP contribution in [0.4, 0.5) is 5.69 Å². The Labute approximate surface area is 109 Å². The van der Waals surface area contributed by atoms with Crippen LogP contribution in [-0.2, 0) is 4.79 Å². The highest BCUT2D eigenvalue weighted by atomic mass is 16.3. The van der Waals surface area contributed by atoms with Crippen LogP contribution in [-0.4, -0.2) is 30.1 Å². The lowest BCUT2D eigenvalue weighted by Gasteiger charge is -2.23. The largest absolute Gasteiger partial charge is 0.508 e. The van der Waals surface area contributed by atoms with E-state index < -0.39 is 0 Å². The van der Waals surface area contributed by atoms with Gasteiger partial charge in [-0.05, 0) is 32.5 Å². The Morgan fingerprint density at radius 3 is 2.72 bits per heavy atom. The Kier molecular flexibility index (Phi) is 5.65. The summed E-state index contributed by atoms with van der Waals surface area (Å²) in [6.07, 6.45) is 0.456. The molecule has 1 aromatic rings. The maximum absolute atomic E-state index is 12.2. The molecule has 0 aliphatic heterocycles. The van der Waals surface area contributed by atoms with Crippen molar-refractivity contribution < 1.29 is 9.90 Å². The predicted molar refractivity (Wildman–Crippen MR) is 73.9 cm³/mol. The number of rotatable bonds is 6. The van der Waals surface area contributed by atoms with E-state index in [1.54, 1.807) is 23.1 Å². The molecule has 2 N–H and O–H groups in total. The molecule has 1 rings (SSSR count). The Bertz CT molecular complexity index is 393. The monoisotopic (exact) mass is 250 g/mol. The van der Waals surface area contributed by atoms with Gasteiger partial charge in [0.15, 0.2) is 0 Å². The summed E-state index contributed by atoms with van der Waals surface area (Å²) >= 11 is 0. The van der Waals surface area contributed by atoms with E-state index >= 15 is 0 Å². The molecule has 1 unspecified atom stereocenters. The number of anilines is 1. The second-order valence-corrected chi connectivity index (χ2v) is 4.32. The number of carbonyl (C=O) groups is 1. The fourth-order valence-electron chi connectivity index (χ4n) is 1.96. The molecule has 0 fully saturated rings. The summed E-state index contributed by atoms with van der Waals surface area (Å²) in [5, 5.41) is 12.7. The number of nitrogens with zero attached hydrogens (tertiary/aromatic N) is 1. The third-order valence-corrected chi connectivity index (χ3v) is 2.79. The van der Waals surface area contributed by atoms with Crippen molar-refractivity contribution in [2.75, 3.05) is 18.0 Å². The number of hydrogen-bond acceptors (Lipinski definition) is 3. The first-order valence-electron chi connectivity index (χ1n) is 6.41. The van der Waals surface area contributed by atoms with Crippen molar-refractivity contribution in [1.82, 2.24) is 5.32 Å². The molecular formula is C14H22N2O2. The molecule has 1 amide bonds. The molecule has 0 aliphatic rings. The van der Waals surface area contributed by atoms with Crippen LogP contribution in [0.15, 0.2) is 24.3 Å². The van der Waals surface area contributed by atoms with Gasteiger partial charge >= 0.3 is 0 Å². The fourth-order valence-corrected chi connectivity index (χ4v) is 1.96. The minimum atomic E-state index is 0.0663. The summed E-state index contributed by atoms with van der Waals surface area (Å²) in [5.74, 6) is 0.245. The summed E-state index contributed by atoms with van der Waals surface area (Å²) in [6.45, 7) is 7.40. The quantitative estimate of drug-likeness (QED) is 0.813. The third-order valence-electron chi connectivity index (χ3n) is 2.79. The molecule has 1 atom stereocenters. The Hall–Kier alpha value is -1.55. The lowest BCUT2D eigenvalue weighted by molar-refractivity contribution is -0.119. The number of phenolic OH excluding ortho intramolecular Hbond substituents is 1. The van der Waals surface area contributed by atoms with Crippen LogP contribution in [0.2, 0.25) is 0 Å². The van der Waals surface area contributed by atoms with E-state index in [0.29, 0.717) is 13.0 Å². The average molecular weight is 250 g/mol. The zero-order valence-electron chi connectivity index (χ0n) is 11.3.